The first-order valence-electron chi connectivity index (χ1n) is 16.5. The van der Waals surface area contributed by atoms with Gasteiger partial charge in [0.25, 0.3) is 5.91 Å². The van der Waals surface area contributed by atoms with Gasteiger partial charge in [0.05, 0.1) is 13.3 Å². The molecule has 0 bridgehead atoms. The van der Waals surface area contributed by atoms with Crippen molar-refractivity contribution in [1.82, 2.24) is 14.9 Å². The van der Waals surface area contributed by atoms with E-state index in [4.69, 9.17) is 4.74 Å². The van der Waals surface area contributed by atoms with Gasteiger partial charge < -0.3 is 9.64 Å². The van der Waals surface area contributed by atoms with Crippen molar-refractivity contribution in [3.05, 3.63) is 160 Å². The van der Waals surface area contributed by atoms with E-state index in [1.165, 1.54) is 30.3 Å². The average molecular weight is 662 g/mol. The number of ketones is 1. The normalized spacial score (nSPS) is 24.1. The van der Waals surface area contributed by atoms with Gasteiger partial charge in [-0.3, -0.25) is 14.6 Å². The number of fused-ring (bicyclic) bond motifs is 6. The molecule has 0 aromatic heterocycles. The van der Waals surface area contributed by atoms with Crippen molar-refractivity contribution in [3.8, 4) is 0 Å². The van der Waals surface area contributed by atoms with Crippen LogP contribution in [-0.4, -0.2) is 51.5 Å². The lowest BCUT2D eigenvalue weighted by Gasteiger charge is -2.60. The maximum absolute atomic E-state index is 15.2. The second-order valence-corrected chi connectivity index (χ2v) is 13.3. The summed E-state index contributed by atoms with van der Waals surface area (Å²) in [6, 6.07) is 26.2. The van der Waals surface area contributed by atoms with Gasteiger partial charge in [-0.25, -0.2) is 13.2 Å². The molecular weight excluding hydrogens is 627 g/mol. The monoisotopic (exact) mass is 661 g/mol. The van der Waals surface area contributed by atoms with Crippen LogP contribution in [0.4, 0.5) is 13.2 Å². The number of hydrogen-bond acceptors (Lipinski definition) is 5. The molecule has 49 heavy (non-hydrogen) atoms. The Balaban J connectivity index is 1.25. The molecular formula is C40H34F3N3O3. The van der Waals surface area contributed by atoms with Gasteiger partial charge in [0.2, 0.25) is 0 Å². The largest absolute Gasteiger partial charge is 0.362 e. The third-order valence-electron chi connectivity index (χ3n) is 10.4. The predicted molar refractivity (Wildman–Crippen MR) is 178 cm³/mol. The highest BCUT2D eigenvalue weighted by Crippen LogP contribution is 2.58. The molecule has 4 aromatic carbocycles. The van der Waals surface area contributed by atoms with Crippen molar-refractivity contribution in [2.45, 2.75) is 50.0 Å². The Morgan fingerprint density at radius 2 is 1.59 bits per heavy atom. The van der Waals surface area contributed by atoms with E-state index < -0.39 is 28.8 Å². The van der Waals surface area contributed by atoms with Crippen LogP contribution < -0.4 is 0 Å². The van der Waals surface area contributed by atoms with Crippen molar-refractivity contribution in [2.24, 2.45) is 0 Å². The molecule has 1 fully saturated rings. The summed E-state index contributed by atoms with van der Waals surface area (Å²) in [5, 5.41) is 3.84. The fourth-order valence-corrected chi connectivity index (χ4v) is 8.14. The predicted octanol–water partition coefficient (Wildman–Crippen LogP) is 6.69. The first-order chi connectivity index (χ1) is 23.7. The fraction of sp³-hybridized carbons (Fsp3) is 0.250. The molecule has 2 heterocycles. The highest BCUT2D eigenvalue weighted by molar-refractivity contribution is 6.03. The molecule has 4 aliphatic rings. The van der Waals surface area contributed by atoms with Crippen molar-refractivity contribution in [1.29, 1.82) is 0 Å². The van der Waals surface area contributed by atoms with Crippen molar-refractivity contribution in [3.63, 3.8) is 0 Å². The molecule has 2 aliphatic heterocycles. The number of aryl methyl sites for hydroxylation is 1. The molecule has 1 amide bonds. The number of halogens is 3. The van der Waals surface area contributed by atoms with Crippen LogP contribution in [0.3, 0.4) is 0 Å². The number of ether oxygens (including phenoxy) is 1. The summed E-state index contributed by atoms with van der Waals surface area (Å²) in [4.78, 5) is 30.3. The summed E-state index contributed by atoms with van der Waals surface area (Å²) in [6.45, 7) is 2.28. The van der Waals surface area contributed by atoms with Crippen LogP contribution >= 0.6 is 0 Å². The molecule has 0 spiro atoms. The van der Waals surface area contributed by atoms with Crippen molar-refractivity contribution < 1.29 is 27.5 Å². The summed E-state index contributed by atoms with van der Waals surface area (Å²) < 4.78 is 49.9. The Bertz CT molecular complexity index is 2030. The second kappa shape index (κ2) is 11.9. The molecule has 8 rings (SSSR count). The van der Waals surface area contributed by atoms with Gasteiger partial charge in [0.1, 0.15) is 11.4 Å². The van der Waals surface area contributed by atoms with Crippen LogP contribution in [-0.2, 0) is 39.3 Å². The van der Waals surface area contributed by atoms with Gasteiger partial charge in [-0.2, -0.15) is 5.01 Å². The Morgan fingerprint density at radius 1 is 0.857 bits per heavy atom. The topological polar surface area (TPSA) is 53.1 Å². The van der Waals surface area contributed by atoms with E-state index in [1.807, 2.05) is 59.6 Å². The molecule has 0 saturated carbocycles. The van der Waals surface area contributed by atoms with Gasteiger partial charge in [-0.15, -0.1) is 0 Å². The van der Waals surface area contributed by atoms with Crippen LogP contribution in [0.2, 0.25) is 0 Å². The molecule has 3 atom stereocenters. The molecule has 3 unspecified atom stereocenters. The van der Waals surface area contributed by atoms with Gasteiger partial charge in [-0.05, 0) is 89.4 Å². The number of hydrazine groups is 1. The summed E-state index contributed by atoms with van der Waals surface area (Å²) in [5.41, 5.74) is 3.18. The maximum atomic E-state index is 15.2. The number of carbonyl (C=O) groups excluding carboxylic acids is 2. The minimum absolute atomic E-state index is 0.103. The first kappa shape index (κ1) is 31.3. The minimum atomic E-state index is -1.52. The standard InChI is InChI=1S/C40H34F3N3O3/c1-39-37(49-24-27-8-3-2-4-9-27)36(47)17-19-45(39)46(25-44(38(39)48)18-7-10-26-13-15-31(41)16-14-26)40-30(20-28-11-5-6-12-32(28)40)21-29-22-34(42)35(43)23-33(29)40/h2-6,8-9,11-17,19-20,22-23,37H,7,10,18,21,24-25H2,1H3. The molecule has 0 N–H and O–H groups in total. The molecule has 6 nitrogen and oxygen atoms in total. The van der Waals surface area contributed by atoms with E-state index >= 15 is 4.39 Å². The Hall–Kier alpha value is -4.99. The number of amides is 1. The zero-order valence-electron chi connectivity index (χ0n) is 26.9. The Morgan fingerprint density at radius 3 is 2.39 bits per heavy atom. The highest BCUT2D eigenvalue weighted by Gasteiger charge is 2.64. The van der Waals surface area contributed by atoms with E-state index in [2.05, 4.69) is 6.08 Å². The summed E-state index contributed by atoms with van der Waals surface area (Å²) >= 11 is 0. The number of carbonyl (C=O) groups is 2. The van der Waals surface area contributed by atoms with Gasteiger partial charge in [0, 0.05) is 18.8 Å². The van der Waals surface area contributed by atoms with Crippen molar-refractivity contribution >= 4 is 17.8 Å². The molecule has 248 valence electrons. The second-order valence-electron chi connectivity index (χ2n) is 13.3. The van der Waals surface area contributed by atoms with E-state index in [1.54, 1.807) is 35.2 Å². The van der Waals surface area contributed by atoms with E-state index in [9.17, 15) is 18.4 Å². The average Bonchev–Trinajstić information content (AvgIpc) is 3.58. The maximum Gasteiger partial charge on any atom is 0.254 e. The van der Waals surface area contributed by atoms with Crippen LogP contribution in [0.25, 0.3) is 6.08 Å². The van der Waals surface area contributed by atoms with Crippen molar-refractivity contribution in [2.75, 3.05) is 13.2 Å². The number of rotatable bonds is 8. The van der Waals surface area contributed by atoms with Crippen LogP contribution in [0, 0.1) is 17.5 Å². The van der Waals surface area contributed by atoms with Gasteiger partial charge in [-0.1, -0.05) is 72.8 Å². The molecule has 9 heteroatoms. The third-order valence-corrected chi connectivity index (χ3v) is 10.4. The van der Waals surface area contributed by atoms with E-state index in [0.717, 1.165) is 27.8 Å². The highest BCUT2D eigenvalue weighted by atomic mass is 19.2. The minimum Gasteiger partial charge on any atom is -0.362 e. The SMILES string of the molecule is CC12C(=O)N(CCCc3ccc(F)cc3)CN(C34C(=Cc5ccccc53)Cc3cc(F)c(F)cc34)N1C=CC(=O)C2OCc1ccccc1. The van der Waals surface area contributed by atoms with E-state index in [0.29, 0.717) is 36.9 Å². The quantitative estimate of drug-likeness (QED) is 0.211. The zero-order chi connectivity index (χ0) is 33.9. The summed E-state index contributed by atoms with van der Waals surface area (Å²) in [6.07, 6.45) is 5.52. The smallest absolute Gasteiger partial charge is 0.254 e. The lowest BCUT2D eigenvalue weighted by molar-refractivity contribution is -0.222. The lowest BCUT2D eigenvalue weighted by Crippen LogP contribution is -2.78. The van der Waals surface area contributed by atoms with Crippen LogP contribution in [0.5, 0.6) is 0 Å². The van der Waals surface area contributed by atoms with Crippen LogP contribution in [0.1, 0.15) is 46.7 Å². The Kier molecular flexibility index (Phi) is 7.57. The Labute approximate surface area is 282 Å². The molecule has 4 aromatic rings. The zero-order valence-corrected chi connectivity index (χ0v) is 26.9. The number of nitrogens with zero attached hydrogens (tertiary/aromatic N) is 3. The summed E-state index contributed by atoms with van der Waals surface area (Å²) in [5.74, 6) is -2.80. The van der Waals surface area contributed by atoms with Crippen LogP contribution in [0.15, 0.2) is 109 Å². The number of benzene rings is 4. The number of hydrogen-bond donors (Lipinski definition) is 0. The van der Waals surface area contributed by atoms with Gasteiger partial charge in [0.15, 0.2) is 29.1 Å². The lowest BCUT2D eigenvalue weighted by atomic mass is 9.80. The third kappa shape index (κ3) is 4.86. The van der Waals surface area contributed by atoms with E-state index in [-0.39, 0.29) is 30.8 Å². The molecule has 0 radical (unpaired) electrons. The molecule has 1 saturated heterocycles. The molecule has 2 aliphatic carbocycles. The fourth-order valence-electron chi connectivity index (χ4n) is 8.14. The summed E-state index contributed by atoms with van der Waals surface area (Å²) in [7, 11) is 0. The first-order valence-corrected chi connectivity index (χ1v) is 16.5. The van der Waals surface area contributed by atoms with Gasteiger partial charge >= 0.3 is 0 Å².